The van der Waals surface area contributed by atoms with Gasteiger partial charge >= 0.3 is 0 Å². The smallest absolute Gasteiger partial charge is 0.253 e. The number of fused-ring (bicyclic) bond motifs is 1. The van der Waals surface area contributed by atoms with Gasteiger partial charge < -0.3 is 4.90 Å². The topological polar surface area (TPSA) is 26.8 Å². The number of rotatable bonds is 4. The van der Waals surface area contributed by atoms with Crippen LogP contribution in [0.3, 0.4) is 0 Å². The van der Waals surface area contributed by atoms with Crippen molar-refractivity contribution >= 4 is 5.91 Å². The van der Waals surface area contributed by atoms with E-state index < -0.39 is 0 Å². The Bertz CT molecular complexity index is 854. The lowest BCUT2D eigenvalue weighted by atomic mass is 9.91. The van der Waals surface area contributed by atoms with Gasteiger partial charge in [0.15, 0.2) is 0 Å². The molecule has 5 rings (SSSR count). The van der Waals surface area contributed by atoms with Crippen molar-refractivity contribution in [1.82, 2.24) is 14.7 Å². The Labute approximate surface area is 174 Å². The minimum absolute atomic E-state index is 0.216. The number of piperazine rings is 1. The highest BCUT2D eigenvalue weighted by molar-refractivity contribution is 5.94. The predicted octanol–water partition coefficient (Wildman–Crippen LogP) is 3.56. The molecule has 1 aliphatic carbocycles. The fraction of sp³-hybridized carbons (Fsp3) is 0.480. The summed E-state index contributed by atoms with van der Waals surface area (Å²) < 4.78 is 0. The SMILES string of the molecule is O=C(c1ccc2c(c1)CCN(Cc1ccccc1)C2)N1CCN(C2CCC2)CC1. The average molecular weight is 390 g/mol. The van der Waals surface area contributed by atoms with Gasteiger partial charge in [-0.05, 0) is 48.1 Å². The van der Waals surface area contributed by atoms with Gasteiger partial charge in [0.2, 0.25) is 0 Å². The molecule has 1 amide bonds. The van der Waals surface area contributed by atoms with Crippen molar-refractivity contribution in [2.24, 2.45) is 0 Å². The quantitative estimate of drug-likeness (QED) is 0.800. The molecule has 0 N–H and O–H groups in total. The highest BCUT2D eigenvalue weighted by atomic mass is 16.2. The van der Waals surface area contributed by atoms with Crippen molar-refractivity contribution in [3.05, 3.63) is 70.8 Å². The zero-order valence-corrected chi connectivity index (χ0v) is 17.2. The summed E-state index contributed by atoms with van der Waals surface area (Å²) in [6.07, 6.45) is 5.10. The van der Waals surface area contributed by atoms with Crippen LogP contribution < -0.4 is 0 Å². The first kappa shape index (κ1) is 18.8. The zero-order chi connectivity index (χ0) is 19.6. The van der Waals surface area contributed by atoms with E-state index in [1.807, 2.05) is 6.07 Å². The molecule has 2 aromatic rings. The third-order valence-electron chi connectivity index (χ3n) is 6.99. The lowest BCUT2D eigenvalue weighted by Crippen LogP contribution is -2.53. The first-order chi connectivity index (χ1) is 14.3. The molecule has 2 heterocycles. The van der Waals surface area contributed by atoms with Gasteiger partial charge in [-0.15, -0.1) is 0 Å². The summed E-state index contributed by atoms with van der Waals surface area (Å²) in [6, 6.07) is 17.9. The van der Waals surface area contributed by atoms with Crippen LogP contribution in [-0.4, -0.2) is 59.4 Å². The molecule has 2 aromatic carbocycles. The zero-order valence-electron chi connectivity index (χ0n) is 17.2. The van der Waals surface area contributed by atoms with Gasteiger partial charge in [-0.3, -0.25) is 14.6 Å². The normalized spacial score (nSPS) is 20.9. The molecule has 152 valence electrons. The van der Waals surface area contributed by atoms with Crippen LogP contribution in [0.1, 0.15) is 46.3 Å². The third-order valence-corrected chi connectivity index (χ3v) is 6.99. The maximum absolute atomic E-state index is 13.0. The van der Waals surface area contributed by atoms with Gasteiger partial charge in [0.25, 0.3) is 5.91 Å². The molecule has 0 aromatic heterocycles. The van der Waals surface area contributed by atoms with E-state index in [0.29, 0.717) is 0 Å². The van der Waals surface area contributed by atoms with E-state index in [1.165, 1.54) is 36.0 Å². The van der Waals surface area contributed by atoms with Gasteiger partial charge in [0.1, 0.15) is 0 Å². The number of carbonyl (C=O) groups excluding carboxylic acids is 1. The molecule has 1 saturated carbocycles. The number of nitrogens with zero attached hydrogens (tertiary/aromatic N) is 3. The van der Waals surface area contributed by atoms with Crippen molar-refractivity contribution in [2.45, 2.75) is 44.8 Å². The van der Waals surface area contributed by atoms with Crippen molar-refractivity contribution in [1.29, 1.82) is 0 Å². The molecule has 29 heavy (non-hydrogen) atoms. The summed E-state index contributed by atoms with van der Waals surface area (Å²) in [6.45, 7) is 6.84. The minimum Gasteiger partial charge on any atom is -0.336 e. The van der Waals surface area contributed by atoms with Crippen LogP contribution in [0, 0.1) is 0 Å². The van der Waals surface area contributed by atoms with Gasteiger partial charge in [-0.25, -0.2) is 0 Å². The predicted molar refractivity (Wildman–Crippen MR) is 116 cm³/mol. The Morgan fingerprint density at radius 2 is 1.69 bits per heavy atom. The number of hydrogen-bond acceptors (Lipinski definition) is 3. The van der Waals surface area contributed by atoms with Gasteiger partial charge in [-0.2, -0.15) is 0 Å². The molecular formula is C25H31N3O. The summed E-state index contributed by atoms with van der Waals surface area (Å²) in [5.74, 6) is 0.216. The number of hydrogen-bond donors (Lipinski definition) is 0. The molecule has 3 aliphatic rings. The van der Waals surface area contributed by atoms with Crippen LogP contribution in [0.25, 0.3) is 0 Å². The van der Waals surface area contributed by atoms with Crippen molar-refractivity contribution in [3.63, 3.8) is 0 Å². The maximum Gasteiger partial charge on any atom is 0.253 e. The lowest BCUT2D eigenvalue weighted by molar-refractivity contribution is 0.0455. The van der Waals surface area contributed by atoms with Crippen LogP contribution >= 0.6 is 0 Å². The Kier molecular flexibility index (Phi) is 5.38. The molecule has 2 fully saturated rings. The minimum atomic E-state index is 0.216. The third kappa shape index (κ3) is 4.10. The maximum atomic E-state index is 13.0. The average Bonchev–Trinajstić information content (AvgIpc) is 2.73. The van der Waals surface area contributed by atoms with Gasteiger partial charge in [-0.1, -0.05) is 42.8 Å². The molecule has 0 bridgehead atoms. The van der Waals surface area contributed by atoms with Crippen molar-refractivity contribution < 1.29 is 4.79 Å². The highest BCUT2D eigenvalue weighted by Crippen LogP contribution is 2.26. The Morgan fingerprint density at radius 1 is 0.897 bits per heavy atom. The Balaban J connectivity index is 1.20. The molecule has 2 aliphatic heterocycles. The van der Waals surface area contributed by atoms with Gasteiger partial charge in [0, 0.05) is 57.4 Å². The second kappa shape index (κ2) is 8.29. The summed E-state index contributed by atoms with van der Waals surface area (Å²) in [7, 11) is 0. The van der Waals surface area contributed by atoms with Gasteiger partial charge in [0.05, 0.1) is 0 Å². The standard InChI is InChI=1S/C25H31N3O/c29-25(28-15-13-27(14-16-28)24-7-4-8-24)22-9-10-23-19-26(12-11-21(23)17-22)18-20-5-2-1-3-6-20/h1-3,5-6,9-10,17,24H,4,7-8,11-16,18-19H2. The molecule has 4 heteroatoms. The van der Waals surface area contributed by atoms with E-state index in [9.17, 15) is 4.79 Å². The Morgan fingerprint density at radius 3 is 2.41 bits per heavy atom. The largest absolute Gasteiger partial charge is 0.336 e. The molecule has 0 unspecified atom stereocenters. The van der Waals surface area contributed by atoms with Crippen LogP contribution in [0.5, 0.6) is 0 Å². The summed E-state index contributed by atoms with van der Waals surface area (Å²) in [4.78, 5) is 20.2. The van der Waals surface area contributed by atoms with E-state index >= 15 is 0 Å². The Hall–Kier alpha value is -2.17. The molecule has 0 spiro atoms. The van der Waals surface area contributed by atoms with E-state index in [-0.39, 0.29) is 5.91 Å². The van der Waals surface area contributed by atoms with E-state index in [0.717, 1.165) is 63.8 Å². The number of carbonyl (C=O) groups is 1. The van der Waals surface area contributed by atoms with Crippen molar-refractivity contribution in [3.8, 4) is 0 Å². The summed E-state index contributed by atoms with van der Waals surface area (Å²) >= 11 is 0. The van der Waals surface area contributed by atoms with E-state index in [2.05, 4.69) is 57.2 Å². The molecule has 0 atom stereocenters. The first-order valence-electron chi connectivity index (χ1n) is 11.2. The molecule has 4 nitrogen and oxygen atoms in total. The van der Waals surface area contributed by atoms with E-state index in [1.54, 1.807) is 0 Å². The summed E-state index contributed by atoms with van der Waals surface area (Å²) in [5, 5.41) is 0. The first-order valence-corrected chi connectivity index (χ1v) is 11.2. The molecule has 1 saturated heterocycles. The second-order valence-corrected chi connectivity index (χ2v) is 8.84. The van der Waals surface area contributed by atoms with Crippen molar-refractivity contribution in [2.75, 3.05) is 32.7 Å². The molecule has 0 radical (unpaired) electrons. The van der Waals surface area contributed by atoms with Crippen LogP contribution in [0.4, 0.5) is 0 Å². The number of amides is 1. The monoisotopic (exact) mass is 389 g/mol. The van der Waals surface area contributed by atoms with Crippen LogP contribution in [0.2, 0.25) is 0 Å². The number of benzene rings is 2. The lowest BCUT2D eigenvalue weighted by Gasteiger charge is -2.43. The van der Waals surface area contributed by atoms with Crippen LogP contribution in [0.15, 0.2) is 48.5 Å². The van der Waals surface area contributed by atoms with Crippen LogP contribution in [-0.2, 0) is 19.5 Å². The fourth-order valence-corrected chi connectivity index (χ4v) is 4.95. The van der Waals surface area contributed by atoms with E-state index in [4.69, 9.17) is 0 Å². The molecular weight excluding hydrogens is 358 g/mol. The second-order valence-electron chi connectivity index (χ2n) is 8.84. The highest BCUT2D eigenvalue weighted by Gasteiger charge is 2.30. The fourth-order valence-electron chi connectivity index (χ4n) is 4.95. The summed E-state index contributed by atoms with van der Waals surface area (Å²) in [5.41, 5.74) is 4.97.